The Balaban J connectivity index is 1.99. The van der Waals surface area contributed by atoms with Crippen LogP contribution >= 0.6 is 0 Å². The van der Waals surface area contributed by atoms with Crippen LogP contribution in [0.15, 0.2) is 35.0 Å². The normalized spacial score (nSPS) is 11.9. The van der Waals surface area contributed by atoms with E-state index in [1.54, 1.807) is 20.0 Å². The highest BCUT2D eigenvalue weighted by atomic mass is 19.1. The first-order chi connectivity index (χ1) is 14.3. The molecule has 2 heterocycles. The van der Waals surface area contributed by atoms with E-state index in [1.165, 1.54) is 19.4 Å². The van der Waals surface area contributed by atoms with Crippen LogP contribution in [0, 0.1) is 5.82 Å². The summed E-state index contributed by atoms with van der Waals surface area (Å²) in [5.41, 5.74) is 7.21. The molecular weight excluding hydrogens is 395 g/mol. The summed E-state index contributed by atoms with van der Waals surface area (Å²) in [6.45, 7) is 1.99. The molecule has 3 rings (SSSR count). The number of nitrogens with two attached hydrogens (primary N) is 1. The number of anilines is 1. The summed E-state index contributed by atoms with van der Waals surface area (Å²) in [5.74, 6) is -0.687. The van der Waals surface area contributed by atoms with Gasteiger partial charge >= 0.3 is 5.97 Å². The van der Waals surface area contributed by atoms with E-state index in [2.05, 4.69) is 15.5 Å². The maximum absolute atomic E-state index is 13.7. The lowest BCUT2D eigenvalue weighted by molar-refractivity contribution is 0.0691. The van der Waals surface area contributed by atoms with E-state index in [0.29, 0.717) is 23.4 Å². The number of carboxylic acid groups (broad SMARTS) is 1. The standard InChI is InChI=1S/C20H21FN4O5/c1-10(14-7-12(21)4-5-13(14)20(26)27)29-15-6-11(8-24-18(15)22)17-16(9-23-2)30-25-19(17)28-3/h4-8,10,23H,9H2,1-3H3,(H2,22,24)(H,26,27)/t10-/m1/s1. The van der Waals surface area contributed by atoms with Gasteiger partial charge in [-0.3, -0.25) is 0 Å². The van der Waals surface area contributed by atoms with Gasteiger partial charge in [0.2, 0.25) is 0 Å². The maximum atomic E-state index is 13.7. The molecule has 0 spiro atoms. The minimum atomic E-state index is -1.19. The average Bonchev–Trinajstić information content (AvgIpc) is 3.12. The van der Waals surface area contributed by atoms with Crippen molar-refractivity contribution in [1.29, 1.82) is 0 Å². The van der Waals surface area contributed by atoms with Gasteiger partial charge in [0.25, 0.3) is 5.88 Å². The topological polar surface area (TPSA) is 133 Å². The second-order valence-electron chi connectivity index (χ2n) is 6.42. The molecule has 30 heavy (non-hydrogen) atoms. The van der Waals surface area contributed by atoms with Crippen LogP contribution in [0.5, 0.6) is 11.6 Å². The number of pyridine rings is 1. The molecule has 0 aliphatic carbocycles. The number of hydrogen-bond acceptors (Lipinski definition) is 8. The fraction of sp³-hybridized carbons (Fsp3) is 0.250. The van der Waals surface area contributed by atoms with E-state index >= 15 is 0 Å². The van der Waals surface area contributed by atoms with Crippen molar-refractivity contribution in [1.82, 2.24) is 15.5 Å². The van der Waals surface area contributed by atoms with Crippen LogP contribution in [-0.2, 0) is 6.54 Å². The van der Waals surface area contributed by atoms with Gasteiger partial charge in [0.05, 0.1) is 24.8 Å². The number of methoxy groups -OCH3 is 1. The maximum Gasteiger partial charge on any atom is 0.336 e. The molecule has 3 aromatic rings. The molecule has 4 N–H and O–H groups in total. The van der Waals surface area contributed by atoms with Gasteiger partial charge < -0.3 is 30.2 Å². The quantitative estimate of drug-likeness (QED) is 0.507. The molecule has 1 atom stereocenters. The SMILES string of the molecule is CNCc1onc(OC)c1-c1cnc(N)c(O[C@H](C)c2cc(F)ccc2C(=O)O)c1. The Labute approximate surface area is 171 Å². The third kappa shape index (κ3) is 4.18. The molecule has 0 unspecified atom stereocenters. The smallest absolute Gasteiger partial charge is 0.336 e. The third-order valence-corrected chi connectivity index (χ3v) is 4.42. The lowest BCUT2D eigenvalue weighted by atomic mass is 10.0. The van der Waals surface area contributed by atoms with Crippen molar-refractivity contribution in [3.8, 4) is 22.8 Å². The summed E-state index contributed by atoms with van der Waals surface area (Å²) in [6, 6.07) is 5.01. The number of carbonyl (C=O) groups is 1. The molecular formula is C20H21FN4O5. The average molecular weight is 416 g/mol. The lowest BCUT2D eigenvalue weighted by Crippen LogP contribution is -2.12. The zero-order valence-corrected chi connectivity index (χ0v) is 16.6. The van der Waals surface area contributed by atoms with Crippen molar-refractivity contribution < 1.29 is 28.3 Å². The number of aromatic nitrogens is 2. The number of aromatic carboxylic acids is 1. The van der Waals surface area contributed by atoms with Crippen molar-refractivity contribution in [2.45, 2.75) is 19.6 Å². The van der Waals surface area contributed by atoms with E-state index in [0.717, 1.165) is 12.1 Å². The predicted molar refractivity (Wildman–Crippen MR) is 106 cm³/mol. The number of ether oxygens (including phenoxy) is 2. The fourth-order valence-corrected chi connectivity index (χ4v) is 3.02. The lowest BCUT2D eigenvalue weighted by Gasteiger charge is -2.18. The molecule has 1 aromatic carbocycles. The second kappa shape index (κ2) is 8.78. The predicted octanol–water partition coefficient (Wildman–Crippen LogP) is 3.02. The first-order valence-electron chi connectivity index (χ1n) is 8.98. The number of carboxylic acids is 1. The second-order valence-corrected chi connectivity index (χ2v) is 6.42. The summed E-state index contributed by atoms with van der Waals surface area (Å²) in [5, 5.41) is 16.2. The van der Waals surface area contributed by atoms with Crippen LogP contribution in [0.4, 0.5) is 10.2 Å². The molecule has 0 radical (unpaired) electrons. The Kier molecular flexibility index (Phi) is 6.17. The van der Waals surface area contributed by atoms with Crippen LogP contribution in [0.1, 0.15) is 34.7 Å². The largest absolute Gasteiger partial charge is 0.482 e. The number of hydrogen-bond donors (Lipinski definition) is 3. The number of nitrogen functional groups attached to an aromatic ring is 1. The fourth-order valence-electron chi connectivity index (χ4n) is 3.02. The van der Waals surface area contributed by atoms with Gasteiger partial charge in [-0.25, -0.2) is 14.2 Å². The number of nitrogens with zero attached hydrogens (tertiary/aromatic N) is 2. The Hall–Kier alpha value is -3.66. The van der Waals surface area contributed by atoms with E-state index in [1.807, 2.05) is 0 Å². The van der Waals surface area contributed by atoms with E-state index in [-0.39, 0.29) is 28.6 Å². The molecule has 0 saturated carbocycles. The molecule has 0 bridgehead atoms. The summed E-state index contributed by atoms with van der Waals surface area (Å²) < 4.78 is 30.2. The molecule has 2 aromatic heterocycles. The minimum Gasteiger partial charge on any atom is -0.482 e. The Morgan fingerprint density at radius 3 is 2.83 bits per heavy atom. The van der Waals surface area contributed by atoms with Crippen LogP contribution in [0.25, 0.3) is 11.1 Å². The minimum absolute atomic E-state index is 0.0661. The zero-order valence-electron chi connectivity index (χ0n) is 16.6. The number of benzene rings is 1. The van der Waals surface area contributed by atoms with Gasteiger partial charge in [0.1, 0.15) is 11.9 Å². The number of nitrogens with one attached hydrogen (secondary N) is 1. The van der Waals surface area contributed by atoms with Crippen molar-refractivity contribution in [3.63, 3.8) is 0 Å². The monoisotopic (exact) mass is 416 g/mol. The van der Waals surface area contributed by atoms with E-state index in [9.17, 15) is 14.3 Å². The van der Waals surface area contributed by atoms with Gasteiger partial charge in [0, 0.05) is 17.3 Å². The highest BCUT2D eigenvalue weighted by Crippen LogP contribution is 2.37. The summed E-state index contributed by atoms with van der Waals surface area (Å²) in [4.78, 5) is 15.6. The van der Waals surface area contributed by atoms with Gasteiger partial charge in [-0.15, -0.1) is 0 Å². The molecule has 0 fully saturated rings. The molecule has 0 aliphatic heterocycles. The van der Waals surface area contributed by atoms with Crippen LogP contribution in [0.2, 0.25) is 0 Å². The molecule has 0 aliphatic rings. The Morgan fingerprint density at radius 2 is 2.17 bits per heavy atom. The van der Waals surface area contributed by atoms with Crippen LogP contribution < -0.4 is 20.5 Å². The number of rotatable bonds is 8. The Bertz CT molecular complexity index is 1070. The van der Waals surface area contributed by atoms with Gasteiger partial charge in [-0.2, -0.15) is 0 Å². The van der Waals surface area contributed by atoms with Gasteiger partial charge in [-0.05, 0) is 43.4 Å². The number of halogens is 1. The van der Waals surface area contributed by atoms with Gasteiger partial charge in [0.15, 0.2) is 17.3 Å². The summed E-state index contributed by atoms with van der Waals surface area (Å²) in [7, 11) is 3.22. The molecule has 0 saturated heterocycles. The first-order valence-corrected chi connectivity index (χ1v) is 8.98. The highest BCUT2D eigenvalue weighted by molar-refractivity contribution is 5.89. The van der Waals surface area contributed by atoms with Crippen LogP contribution in [0.3, 0.4) is 0 Å². The van der Waals surface area contributed by atoms with E-state index in [4.69, 9.17) is 19.7 Å². The highest BCUT2D eigenvalue weighted by Gasteiger charge is 2.22. The zero-order chi connectivity index (χ0) is 21.8. The van der Waals surface area contributed by atoms with Crippen molar-refractivity contribution in [3.05, 3.63) is 53.2 Å². The summed E-state index contributed by atoms with van der Waals surface area (Å²) >= 11 is 0. The first kappa shape index (κ1) is 21.1. The molecule has 9 nitrogen and oxygen atoms in total. The molecule has 0 amide bonds. The summed E-state index contributed by atoms with van der Waals surface area (Å²) in [6.07, 6.45) is 0.707. The van der Waals surface area contributed by atoms with Gasteiger partial charge in [-0.1, -0.05) is 0 Å². The Morgan fingerprint density at radius 1 is 1.40 bits per heavy atom. The molecule has 10 heteroatoms. The third-order valence-electron chi connectivity index (χ3n) is 4.42. The van der Waals surface area contributed by atoms with Crippen molar-refractivity contribution >= 4 is 11.8 Å². The van der Waals surface area contributed by atoms with E-state index < -0.39 is 17.9 Å². The van der Waals surface area contributed by atoms with Crippen molar-refractivity contribution in [2.24, 2.45) is 0 Å². The van der Waals surface area contributed by atoms with Crippen LogP contribution in [-0.4, -0.2) is 35.4 Å². The van der Waals surface area contributed by atoms with Crippen molar-refractivity contribution in [2.75, 3.05) is 19.9 Å². The molecule has 158 valence electrons.